The molecule has 0 radical (unpaired) electrons. The van der Waals surface area contributed by atoms with E-state index in [-0.39, 0.29) is 5.91 Å². The maximum atomic E-state index is 12.1. The molecule has 3 aromatic rings. The number of carbonyl (C=O) groups excluding carboxylic acids is 1. The molecule has 0 atom stereocenters. The second-order valence-corrected chi connectivity index (χ2v) is 7.03. The molecule has 144 valence electrons. The van der Waals surface area contributed by atoms with Gasteiger partial charge in [0.05, 0.1) is 18.3 Å². The molecule has 0 saturated heterocycles. The number of hydrogen-bond acceptors (Lipinski definition) is 3. The third kappa shape index (κ3) is 4.21. The van der Waals surface area contributed by atoms with Gasteiger partial charge in [0.1, 0.15) is 5.75 Å². The largest absolute Gasteiger partial charge is 0.495 e. The average molecular weight is 416 g/mol. The molecule has 5 nitrogen and oxygen atoms in total. The number of hydrazone groups is 1. The van der Waals surface area contributed by atoms with Crippen molar-refractivity contribution < 1.29 is 9.53 Å². The van der Waals surface area contributed by atoms with Crippen LogP contribution in [0.1, 0.15) is 27.3 Å². The summed E-state index contributed by atoms with van der Waals surface area (Å²) in [6.07, 6.45) is 1.62. The highest BCUT2D eigenvalue weighted by molar-refractivity contribution is 6.32. The quantitative estimate of drug-likeness (QED) is 0.461. The molecule has 1 N–H and O–H groups in total. The number of carbonyl (C=O) groups is 1. The Morgan fingerprint density at radius 3 is 2.61 bits per heavy atom. The van der Waals surface area contributed by atoms with Crippen LogP contribution in [0.15, 0.2) is 53.6 Å². The summed E-state index contributed by atoms with van der Waals surface area (Å²) in [5.74, 6) is 0.299. The number of halogens is 2. The van der Waals surface area contributed by atoms with Crippen LogP contribution in [0.5, 0.6) is 5.75 Å². The summed E-state index contributed by atoms with van der Waals surface area (Å²) in [6.45, 7) is 3.97. The fraction of sp³-hybridized carbons (Fsp3) is 0.143. The van der Waals surface area contributed by atoms with Crippen molar-refractivity contribution in [2.75, 3.05) is 7.11 Å². The topological polar surface area (TPSA) is 55.6 Å². The number of ether oxygens (including phenoxy) is 1. The van der Waals surface area contributed by atoms with Crippen LogP contribution in [-0.2, 0) is 0 Å². The highest BCUT2D eigenvalue weighted by atomic mass is 35.5. The summed E-state index contributed by atoms with van der Waals surface area (Å²) >= 11 is 12.2. The third-order valence-electron chi connectivity index (χ3n) is 4.32. The van der Waals surface area contributed by atoms with Gasteiger partial charge in [-0.2, -0.15) is 5.10 Å². The van der Waals surface area contributed by atoms with E-state index >= 15 is 0 Å². The number of hydrogen-bond donors (Lipinski definition) is 1. The lowest BCUT2D eigenvalue weighted by molar-refractivity contribution is 0.0955. The van der Waals surface area contributed by atoms with E-state index in [1.807, 2.05) is 38.1 Å². The van der Waals surface area contributed by atoms with Crippen molar-refractivity contribution in [3.05, 3.63) is 81.1 Å². The standard InChI is InChI=1S/C21H19Cl2N3O2/c1-13-9-16(12-24-25-21(27)15-5-4-6-17(22)10-15)14(2)26(13)18-7-8-20(28-3)19(23)11-18/h4-12H,1-3H3,(H,25,27)/b24-12-. The molecule has 0 bridgehead atoms. The number of rotatable bonds is 5. The second-order valence-electron chi connectivity index (χ2n) is 6.19. The zero-order valence-corrected chi connectivity index (χ0v) is 17.2. The van der Waals surface area contributed by atoms with Crippen molar-refractivity contribution in [3.8, 4) is 11.4 Å². The Bertz CT molecular complexity index is 1060. The molecule has 3 rings (SSSR count). The number of nitrogens with one attached hydrogen (secondary N) is 1. The normalized spacial score (nSPS) is 11.0. The Balaban J connectivity index is 1.81. The van der Waals surface area contributed by atoms with E-state index in [1.54, 1.807) is 37.6 Å². The van der Waals surface area contributed by atoms with Crippen molar-refractivity contribution in [3.63, 3.8) is 0 Å². The fourth-order valence-electron chi connectivity index (χ4n) is 2.96. The first-order chi connectivity index (χ1) is 13.4. The van der Waals surface area contributed by atoms with Crippen LogP contribution < -0.4 is 10.2 Å². The van der Waals surface area contributed by atoms with Gasteiger partial charge in [-0.25, -0.2) is 5.43 Å². The SMILES string of the molecule is COc1ccc(-n2c(C)cc(/C=N\NC(=O)c3cccc(Cl)c3)c2C)cc1Cl. The lowest BCUT2D eigenvalue weighted by atomic mass is 10.2. The molecule has 7 heteroatoms. The first-order valence-electron chi connectivity index (χ1n) is 8.52. The predicted octanol–water partition coefficient (Wildman–Crippen LogP) is 5.17. The molecule has 0 aliphatic rings. The van der Waals surface area contributed by atoms with Gasteiger partial charge in [-0.05, 0) is 56.3 Å². The Morgan fingerprint density at radius 1 is 1.14 bits per heavy atom. The van der Waals surface area contributed by atoms with Gasteiger partial charge in [0.15, 0.2) is 0 Å². The first kappa shape index (κ1) is 20.0. The third-order valence-corrected chi connectivity index (χ3v) is 4.85. The predicted molar refractivity (Wildman–Crippen MR) is 113 cm³/mol. The van der Waals surface area contributed by atoms with Gasteiger partial charge >= 0.3 is 0 Å². The summed E-state index contributed by atoms with van der Waals surface area (Å²) in [7, 11) is 1.58. The van der Waals surface area contributed by atoms with Crippen LogP contribution in [0.25, 0.3) is 5.69 Å². The van der Waals surface area contributed by atoms with Crippen molar-refractivity contribution in [1.29, 1.82) is 0 Å². The summed E-state index contributed by atoms with van der Waals surface area (Å²) < 4.78 is 7.27. The number of benzene rings is 2. The molecule has 0 aliphatic heterocycles. The van der Waals surface area contributed by atoms with E-state index in [4.69, 9.17) is 27.9 Å². The van der Waals surface area contributed by atoms with Gasteiger partial charge in [-0.1, -0.05) is 29.3 Å². The summed E-state index contributed by atoms with van der Waals surface area (Å²) in [5.41, 5.74) is 6.76. The fourth-order valence-corrected chi connectivity index (χ4v) is 3.41. The van der Waals surface area contributed by atoms with Gasteiger partial charge in [0.2, 0.25) is 0 Å². The number of aromatic nitrogens is 1. The molecule has 0 spiro atoms. The number of aryl methyl sites for hydroxylation is 1. The van der Waals surface area contributed by atoms with E-state index < -0.39 is 0 Å². The van der Waals surface area contributed by atoms with Crippen molar-refractivity contribution in [1.82, 2.24) is 9.99 Å². The van der Waals surface area contributed by atoms with Crippen LogP contribution in [0.4, 0.5) is 0 Å². The number of amides is 1. The Hall–Kier alpha value is -2.76. The second kappa shape index (κ2) is 8.50. The van der Waals surface area contributed by atoms with Crippen molar-refractivity contribution in [2.24, 2.45) is 5.10 Å². The molecular weight excluding hydrogens is 397 g/mol. The van der Waals surface area contributed by atoms with E-state index in [9.17, 15) is 4.79 Å². The Labute approximate surface area is 173 Å². The first-order valence-corrected chi connectivity index (χ1v) is 9.28. The average Bonchev–Trinajstić information content (AvgIpc) is 2.95. The molecular formula is C21H19Cl2N3O2. The Morgan fingerprint density at radius 2 is 1.93 bits per heavy atom. The summed E-state index contributed by atoms with van der Waals surface area (Å²) in [4.78, 5) is 12.1. The molecule has 1 aromatic heterocycles. The summed E-state index contributed by atoms with van der Waals surface area (Å²) in [6, 6.07) is 14.3. The van der Waals surface area contributed by atoms with Crippen LogP contribution in [-0.4, -0.2) is 23.8 Å². The van der Waals surface area contributed by atoms with Gasteiger partial charge in [0.25, 0.3) is 5.91 Å². The van der Waals surface area contributed by atoms with Gasteiger partial charge in [-0.3, -0.25) is 4.79 Å². The minimum Gasteiger partial charge on any atom is -0.495 e. The van der Waals surface area contributed by atoms with Gasteiger partial charge in [-0.15, -0.1) is 0 Å². The molecule has 0 aliphatic carbocycles. The highest BCUT2D eigenvalue weighted by Crippen LogP contribution is 2.28. The van der Waals surface area contributed by atoms with Crippen LogP contribution >= 0.6 is 23.2 Å². The summed E-state index contributed by atoms with van der Waals surface area (Å²) in [5, 5.41) is 5.11. The van der Waals surface area contributed by atoms with Crippen LogP contribution in [0.3, 0.4) is 0 Å². The van der Waals surface area contributed by atoms with Crippen molar-refractivity contribution >= 4 is 35.3 Å². The minimum absolute atomic E-state index is 0.325. The molecule has 1 heterocycles. The smallest absolute Gasteiger partial charge is 0.271 e. The lowest BCUT2D eigenvalue weighted by Gasteiger charge is -2.11. The zero-order valence-electron chi connectivity index (χ0n) is 15.7. The van der Waals surface area contributed by atoms with Crippen molar-refractivity contribution in [2.45, 2.75) is 13.8 Å². The minimum atomic E-state index is -0.325. The molecule has 28 heavy (non-hydrogen) atoms. The number of methoxy groups -OCH3 is 1. The Kier molecular flexibility index (Phi) is 6.07. The van der Waals surface area contributed by atoms with E-state index in [2.05, 4.69) is 15.1 Å². The zero-order chi connectivity index (χ0) is 20.3. The highest BCUT2D eigenvalue weighted by Gasteiger charge is 2.11. The molecule has 0 saturated carbocycles. The molecule has 1 amide bonds. The van der Waals surface area contributed by atoms with Crippen LogP contribution in [0, 0.1) is 13.8 Å². The van der Waals surface area contributed by atoms with Gasteiger partial charge < -0.3 is 9.30 Å². The maximum Gasteiger partial charge on any atom is 0.271 e. The monoisotopic (exact) mass is 415 g/mol. The van der Waals surface area contributed by atoms with E-state index in [0.717, 1.165) is 22.6 Å². The molecule has 2 aromatic carbocycles. The van der Waals surface area contributed by atoms with E-state index in [1.165, 1.54) is 0 Å². The van der Waals surface area contributed by atoms with E-state index in [0.29, 0.717) is 21.4 Å². The number of nitrogens with zero attached hydrogens (tertiary/aromatic N) is 2. The van der Waals surface area contributed by atoms with Gasteiger partial charge in [0, 0.05) is 33.2 Å². The maximum absolute atomic E-state index is 12.1. The molecule has 0 fully saturated rings. The van der Waals surface area contributed by atoms with Crippen LogP contribution in [0.2, 0.25) is 10.0 Å². The lowest BCUT2D eigenvalue weighted by Crippen LogP contribution is -2.17. The molecule has 0 unspecified atom stereocenters.